The summed E-state index contributed by atoms with van der Waals surface area (Å²) in [4.78, 5) is 38.1. The number of rotatable bonds is 7. The molecule has 5 heterocycles. The van der Waals surface area contributed by atoms with E-state index in [1.165, 1.54) is 5.69 Å². The molecule has 40 heavy (non-hydrogen) atoms. The highest BCUT2D eigenvalue weighted by atomic mass is 16.1. The molecule has 1 saturated heterocycles. The van der Waals surface area contributed by atoms with Crippen molar-refractivity contribution < 1.29 is 0 Å². The van der Waals surface area contributed by atoms with Crippen LogP contribution in [0.1, 0.15) is 13.8 Å². The quantitative estimate of drug-likeness (QED) is 0.302. The Morgan fingerprint density at radius 1 is 1.00 bits per heavy atom. The average Bonchev–Trinajstić information content (AvgIpc) is 3.24. The Hall–Kier alpha value is -4.90. The second kappa shape index (κ2) is 10.7. The Labute approximate surface area is 231 Å². The molecule has 5 aromatic rings. The molecule has 1 aliphatic heterocycles. The van der Waals surface area contributed by atoms with Crippen LogP contribution in [0.4, 0.5) is 17.3 Å². The van der Waals surface area contributed by atoms with Crippen LogP contribution in [0.2, 0.25) is 0 Å². The molecule has 0 aliphatic carbocycles. The number of fused-ring (bicyclic) bond motifs is 1. The van der Waals surface area contributed by atoms with Gasteiger partial charge in [0.1, 0.15) is 11.1 Å². The minimum absolute atomic E-state index is 0.225. The molecule has 0 saturated carbocycles. The molecule has 2 atom stereocenters. The molecule has 6 rings (SSSR count). The number of aromatic nitrogens is 7. The van der Waals surface area contributed by atoms with Crippen molar-refractivity contribution in [1.82, 2.24) is 39.6 Å². The standard InChI is InChI=1S/C29H30N10O/c1-4-14-38-28(40)23-15-32-29(34-21-8-10-22(11-9-21)37-17-19(2)33-20(3)18-37)36-27(23)39(38)26-7-5-6-24(35-26)25-16-30-12-13-31-25/h4-13,15-16,19-20,33H,1,14,17-18H2,2-3H3,(H,32,34,36)/t19-,20+. The highest BCUT2D eigenvalue weighted by Crippen LogP contribution is 2.23. The Bertz CT molecular complexity index is 1700. The molecule has 0 bridgehead atoms. The first-order chi connectivity index (χ1) is 19.5. The Balaban J connectivity index is 1.35. The summed E-state index contributed by atoms with van der Waals surface area (Å²) in [5, 5.41) is 7.24. The van der Waals surface area contributed by atoms with Crippen LogP contribution in [0.5, 0.6) is 0 Å². The molecule has 0 radical (unpaired) electrons. The lowest BCUT2D eigenvalue weighted by Crippen LogP contribution is -2.54. The lowest BCUT2D eigenvalue weighted by atomic mass is 10.1. The summed E-state index contributed by atoms with van der Waals surface area (Å²) in [7, 11) is 0. The van der Waals surface area contributed by atoms with E-state index in [2.05, 4.69) is 63.0 Å². The van der Waals surface area contributed by atoms with Crippen molar-refractivity contribution in [1.29, 1.82) is 0 Å². The molecular weight excluding hydrogens is 504 g/mol. The van der Waals surface area contributed by atoms with Gasteiger partial charge in [0.05, 0.1) is 18.4 Å². The van der Waals surface area contributed by atoms with Gasteiger partial charge in [-0.25, -0.2) is 19.3 Å². The maximum absolute atomic E-state index is 13.3. The van der Waals surface area contributed by atoms with E-state index in [0.29, 0.717) is 46.3 Å². The molecular formula is C29H30N10O. The van der Waals surface area contributed by atoms with Gasteiger partial charge in [-0.1, -0.05) is 12.1 Å². The van der Waals surface area contributed by atoms with E-state index in [9.17, 15) is 4.79 Å². The molecule has 4 aromatic heterocycles. The van der Waals surface area contributed by atoms with Crippen LogP contribution < -0.4 is 21.1 Å². The molecule has 1 fully saturated rings. The third-order valence-corrected chi connectivity index (χ3v) is 6.80. The van der Waals surface area contributed by atoms with Gasteiger partial charge in [-0.05, 0) is 50.2 Å². The molecule has 0 spiro atoms. The van der Waals surface area contributed by atoms with Gasteiger partial charge in [0.25, 0.3) is 5.56 Å². The first-order valence-electron chi connectivity index (χ1n) is 13.2. The number of hydrogen-bond acceptors (Lipinski definition) is 9. The van der Waals surface area contributed by atoms with Crippen LogP contribution in [0.15, 0.2) is 84.7 Å². The average molecular weight is 535 g/mol. The van der Waals surface area contributed by atoms with Crippen LogP contribution in [0, 0.1) is 0 Å². The van der Waals surface area contributed by atoms with Crippen molar-refractivity contribution in [2.75, 3.05) is 23.3 Å². The number of hydrogen-bond donors (Lipinski definition) is 2. The van der Waals surface area contributed by atoms with Crippen LogP contribution in [0.3, 0.4) is 0 Å². The number of anilines is 3. The number of nitrogens with one attached hydrogen (secondary N) is 2. The SMILES string of the molecule is C=CCn1c(=O)c2cnc(Nc3ccc(N4C[C@@H](C)N[C@@H](C)C4)cc3)nc2n1-c1cccc(-c2cnccn2)n1. The van der Waals surface area contributed by atoms with Crippen LogP contribution in [-0.2, 0) is 6.54 Å². The molecule has 11 nitrogen and oxygen atoms in total. The zero-order valence-electron chi connectivity index (χ0n) is 22.4. The maximum atomic E-state index is 13.3. The summed E-state index contributed by atoms with van der Waals surface area (Å²) in [6, 6.07) is 14.6. The van der Waals surface area contributed by atoms with Crippen LogP contribution in [-0.4, -0.2) is 59.5 Å². The number of nitrogens with zero attached hydrogens (tertiary/aromatic N) is 8. The minimum atomic E-state index is -0.225. The van der Waals surface area contributed by atoms with Gasteiger partial charge in [0, 0.05) is 55.1 Å². The van der Waals surface area contributed by atoms with Gasteiger partial charge >= 0.3 is 0 Å². The fraction of sp³-hybridized carbons (Fsp3) is 0.241. The summed E-state index contributed by atoms with van der Waals surface area (Å²) in [6.07, 6.45) is 8.09. The molecule has 11 heteroatoms. The summed E-state index contributed by atoms with van der Waals surface area (Å²) in [5.41, 5.74) is 3.49. The van der Waals surface area contributed by atoms with Gasteiger partial charge in [0.15, 0.2) is 11.5 Å². The van der Waals surface area contributed by atoms with Gasteiger partial charge < -0.3 is 15.5 Å². The first kappa shape index (κ1) is 25.4. The Morgan fingerprint density at radius 3 is 2.52 bits per heavy atom. The summed E-state index contributed by atoms with van der Waals surface area (Å²) in [5.74, 6) is 0.893. The van der Waals surface area contributed by atoms with E-state index in [4.69, 9.17) is 9.97 Å². The molecule has 1 aromatic carbocycles. The minimum Gasteiger partial charge on any atom is -0.368 e. The van der Waals surface area contributed by atoms with Gasteiger partial charge in [-0.2, -0.15) is 4.98 Å². The predicted molar refractivity (Wildman–Crippen MR) is 156 cm³/mol. The van der Waals surface area contributed by atoms with Gasteiger partial charge in [-0.15, -0.1) is 6.58 Å². The zero-order valence-corrected chi connectivity index (χ0v) is 22.4. The summed E-state index contributed by atoms with van der Waals surface area (Å²) >= 11 is 0. The van der Waals surface area contributed by atoms with E-state index in [-0.39, 0.29) is 12.1 Å². The number of piperazine rings is 1. The van der Waals surface area contributed by atoms with E-state index in [1.54, 1.807) is 40.2 Å². The van der Waals surface area contributed by atoms with Crippen molar-refractivity contribution in [3.63, 3.8) is 0 Å². The third-order valence-electron chi connectivity index (χ3n) is 6.80. The second-order valence-corrected chi connectivity index (χ2v) is 9.94. The first-order valence-corrected chi connectivity index (χ1v) is 13.2. The lowest BCUT2D eigenvalue weighted by molar-refractivity contribution is 0.407. The Morgan fingerprint density at radius 2 is 1.80 bits per heavy atom. The Kier molecular flexibility index (Phi) is 6.79. The molecule has 2 N–H and O–H groups in total. The second-order valence-electron chi connectivity index (χ2n) is 9.94. The maximum Gasteiger partial charge on any atom is 0.278 e. The number of pyridine rings is 1. The fourth-order valence-electron chi connectivity index (χ4n) is 5.15. The third kappa shape index (κ3) is 4.94. The van der Waals surface area contributed by atoms with E-state index >= 15 is 0 Å². The van der Waals surface area contributed by atoms with Crippen molar-refractivity contribution in [2.24, 2.45) is 0 Å². The summed E-state index contributed by atoms with van der Waals surface area (Å²) < 4.78 is 3.24. The van der Waals surface area contributed by atoms with E-state index in [0.717, 1.165) is 18.8 Å². The number of benzene rings is 1. The largest absolute Gasteiger partial charge is 0.368 e. The highest BCUT2D eigenvalue weighted by molar-refractivity contribution is 5.77. The van der Waals surface area contributed by atoms with Crippen LogP contribution >= 0.6 is 0 Å². The van der Waals surface area contributed by atoms with Gasteiger partial charge in [-0.3, -0.25) is 14.8 Å². The smallest absolute Gasteiger partial charge is 0.278 e. The van der Waals surface area contributed by atoms with Crippen molar-refractivity contribution >= 4 is 28.4 Å². The van der Waals surface area contributed by atoms with Crippen molar-refractivity contribution in [3.05, 3.63) is 90.3 Å². The molecule has 0 amide bonds. The predicted octanol–water partition coefficient (Wildman–Crippen LogP) is 3.55. The fourth-order valence-corrected chi connectivity index (χ4v) is 5.15. The van der Waals surface area contributed by atoms with Crippen molar-refractivity contribution in [3.8, 4) is 17.2 Å². The normalized spacial score (nSPS) is 17.2. The lowest BCUT2D eigenvalue weighted by Gasteiger charge is -2.37. The molecule has 202 valence electrons. The van der Waals surface area contributed by atoms with E-state index < -0.39 is 0 Å². The number of allylic oxidation sites excluding steroid dienone is 1. The zero-order chi connectivity index (χ0) is 27.6. The molecule has 1 aliphatic rings. The topological polar surface area (TPSA) is 119 Å². The van der Waals surface area contributed by atoms with Crippen molar-refractivity contribution in [2.45, 2.75) is 32.5 Å². The van der Waals surface area contributed by atoms with Crippen LogP contribution in [0.25, 0.3) is 28.2 Å². The highest BCUT2D eigenvalue weighted by Gasteiger charge is 2.21. The van der Waals surface area contributed by atoms with Gasteiger partial charge in [0.2, 0.25) is 5.95 Å². The monoisotopic (exact) mass is 534 g/mol. The summed E-state index contributed by atoms with van der Waals surface area (Å²) in [6.45, 7) is 10.4. The molecule has 0 unspecified atom stereocenters. The van der Waals surface area contributed by atoms with E-state index in [1.807, 2.05) is 30.3 Å².